The number of hydrogen-bond donors (Lipinski definition) is 1. The molecule has 128 valence electrons. The van der Waals surface area contributed by atoms with Crippen molar-refractivity contribution in [1.29, 1.82) is 0 Å². The summed E-state index contributed by atoms with van der Waals surface area (Å²) in [7, 11) is 0. The van der Waals surface area contributed by atoms with Gasteiger partial charge in [-0.15, -0.1) is 51.5 Å². The molecular weight excluding hydrogens is 380 g/mol. The normalized spacial score (nSPS) is 34.7. The van der Waals surface area contributed by atoms with Gasteiger partial charge in [0, 0.05) is 11.6 Å². The minimum Gasteiger partial charge on any atom is -0.386 e. The Morgan fingerprint density at radius 2 is 1.78 bits per heavy atom. The number of rotatable bonds is 7. The van der Waals surface area contributed by atoms with E-state index in [1.165, 1.54) is 0 Å². The third kappa shape index (κ3) is 2.52. The second-order valence-corrected chi connectivity index (χ2v) is 10.5. The van der Waals surface area contributed by atoms with Crippen LogP contribution in [0.15, 0.2) is 12.4 Å². The molecule has 0 amide bonds. The van der Waals surface area contributed by atoms with E-state index in [4.69, 9.17) is 46.4 Å². The zero-order chi connectivity index (χ0) is 16.6. The molecule has 1 N–H and O–H groups in total. The maximum absolute atomic E-state index is 11.3. The second kappa shape index (κ2) is 4.91. The molecule has 3 saturated carbocycles. The first kappa shape index (κ1) is 16.7. The summed E-state index contributed by atoms with van der Waals surface area (Å²) in [6.07, 6.45) is 8.65. The molecule has 1 heterocycles. The largest absolute Gasteiger partial charge is 0.386 e. The maximum Gasteiger partial charge on any atom is 0.126 e. The highest BCUT2D eigenvalue weighted by atomic mass is 35.5. The van der Waals surface area contributed by atoms with E-state index in [9.17, 15) is 5.11 Å². The van der Waals surface area contributed by atoms with Gasteiger partial charge in [0.15, 0.2) is 0 Å². The minimum absolute atomic E-state index is 0.312. The molecule has 8 heteroatoms. The Hall–Kier alpha value is 0.260. The van der Waals surface area contributed by atoms with E-state index in [-0.39, 0.29) is 10.3 Å². The lowest BCUT2D eigenvalue weighted by Gasteiger charge is -2.35. The summed E-state index contributed by atoms with van der Waals surface area (Å²) in [5.74, 6) is 0. The van der Waals surface area contributed by atoms with E-state index >= 15 is 0 Å². The molecule has 0 radical (unpaired) electrons. The van der Waals surface area contributed by atoms with Gasteiger partial charge in [0.2, 0.25) is 0 Å². The van der Waals surface area contributed by atoms with Crippen molar-refractivity contribution in [2.24, 2.45) is 5.41 Å². The number of aromatic nitrogens is 3. The predicted molar refractivity (Wildman–Crippen MR) is 91.3 cm³/mol. The summed E-state index contributed by atoms with van der Waals surface area (Å²) in [6.45, 7) is 0.319. The van der Waals surface area contributed by atoms with Crippen LogP contribution in [-0.4, -0.2) is 39.8 Å². The Labute approximate surface area is 155 Å². The van der Waals surface area contributed by atoms with Gasteiger partial charge in [0.1, 0.15) is 9.93 Å². The third-order valence-corrected chi connectivity index (χ3v) is 8.49. The summed E-state index contributed by atoms with van der Waals surface area (Å²) < 4.78 is 0.840. The molecule has 4 rings (SSSR count). The predicted octanol–water partition coefficient (Wildman–Crippen LogP) is 3.90. The fourth-order valence-corrected chi connectivity index (χ4v) is 5.70. The van der Waals surface area contributed by atoms with Crippen LogP contribution in [0.25, 0.3) is 0 Å². The lowest BCUT2D eigenvalue weighted by molar-refractivity contribution is -0.00818. The molecule has 3 aliphatic carbocycles. The monoisotopic (exact) mass is 397 g/mol. The number of aliphatic hydroxyl groups is 1. The molecule has 0 bridgehead atoms. The van der Waals surface area contributed by atoms with Crippen molar-refractivity contribution in [2.45, 2.75) is 71.2 Å². The molecule has 0 aliphatic heterocycles. The Balaban J connectivity index is 1.53. The van der Waals surface area contributed by atoms with Gasteiger partial charge in [0.05, 0.1) is 22.5 Å². The summed E-state index contributed by atoms with van der Waals surface area (Å²) in [6, 6.07) is 0. The van der Waals surface area contributed by atoms with Crippen LogP contribution in [0.4, 0.5) is 0 Å². The Kier molecular flexibility index (Phi) is 3.57. The van der Waals surface area contributed by atoms with Crippen LogP contribution in [0.1, 0.15) is 44.9 Å². The van der Waals surface area contributed by atoms with E-state index in [0.717, 1.165) is 25.7 Å². The molecule has 2 unspecified atom stereocenters. The fraction of sp³-hybridized carbons (Fsp3) is 0.867. The number of alkyl halides is 4. The molecule has 23 heavy (non-hydrogen) atoms. The van der Waals surface area contributed by atoms with Crippen LogP contribution in [-0.2, 0) is 6.54 Å². The number of hydrogen-bond acceptors (Lipinski definition) is 3. The van der Waals surface area contributed by atoms with Crippen LogP contribution in [0.5, 0.6) is 0 Å². The van der Waals surface area contributed by atoms with Crippen molar-refractivity contribution in [3.8, 4) is 0 Å². The SMILES string of the molecule is OC(CCC1(C2(Cl)CC2)CC1(Cl)Cl)(Cn1ccnn1)C1(Cl)CC1. The van der Waals surface area contributed by atoms with Crippen molar-refractivity contribution in [2.75, 3.05) is 0 Å². The molecule has 1 aromatic rings. The van der Waals surface area contributed by atoms with E-state index in [1.807, 2.05) is 0 Å². The smallest absolute Gasteiger partial charge is 0.126 e. The average molecular weight is 399 g/mol. The first-order chi connectivity index (χ1) is 10.7. The van der Waals surface area contributed by atoms with Gasteiger partial charge in [-0.25, -0.2) is 4.68 Å². The van der Waals surface area contributed by atoms with Gasteiger partial charge >= 0.3 is 0 Å². The van der Waals surface area contributed by atoms with Crippen LogP contribution in [0, 0.1) is 5.41 Å². The lowest BCUT2D eigenvalue weighted by atomic mass is 9.84. The highest BCUT2D eigenvalue weighted by molar-refractivity contribution is 6.52. The maximum atomic E-state index is 11.3. The second-order valence-electron chi connectivity index (χ2n) is 7.53. The van der Waals surface area contributed by atoms with Crippen molar-refractivity contribution in [3.63, 3.8) is 0 Å². The van der Waals surface area contributed by atoms with E-state index in [2.05, 4.69) is 10.3 Å². The van der Waals surface area contributed by atoms with Gasteiger partial charge in [-0.2, -0.15) is 0 Å². The first-order valence-electron chi connectivity index (χ1n) is 7.98. The zero-order valence-electron chi connectivity index (χ0n) is 12.6. The average Bonchev–Trinajstić information content (AvgIpc) is 3.41. The van der Waals surface area contributed by atoms with Crippen LogP contribution >= 0.6 is 46.4 Å². The van der Waals surface area contributed by atoms with Crippen LogP contribution in [0.2, 0.25) is 0 Å². The van der Waals surface area contributed by atoms with Crippen molar-refractivity contribution >= 4 is 46.4 Å². The quantitative estimate of drug-likeness (QED) is 0.708. The Morgan fingerprint density at radius 3 is 2.22 bits per heavy atom. The highest BCUT2D eigenvalue weighted by Gasteiger charge is 2.78. The molecule has 3 aliphatic rings. The number of halogens is 4. The van der Waals surface area contributed by atoms with E-state index < -0.39 is 14.8 Å². The van der Waals surface area contributed by atoms with Gasteiger partial charge in [-0.3, -0.25) is 0 Å². The summed E-state index contributed by atoms with van der Waals surface area (Å²) in [5, 5.41) is 19.0. The summed E-state index contributed by atoms with van der Waals surface area (Å²) in [5.41, 5.74) is -1.38. The minimum atomic E-state index is -1.07. The zero-order valence-corrected chi connectivity index (χ0v) is 15.6. The van der Waals surface area contributed by atoms with Gasteiger partial charge in [-0.1, -0.05) is 5.21 Å². The molecule has 0 saturated heterocycles. The Morgan fingerprint density at radius 1 is 1.13 bits per heavy atom. The summed E-state index contributed by atoms with van der Waals surface area (Å²) >= 11 is 26.1. The third-order valence-electron chi connectivity index (χ3n) is 6.03. The molecular formula is C15H19Cl4N3O. The molecule has 0 spiro atoms. The van der Waals surface area contributed by atoms with Crippen LogP contribution < -0.4 is 0 Å². The topological polar surface area (TPSA) is 50.9 Å². The Bertz CT molecular complexity index is 614. The highest BCUT2D eigenvalue weighted by Crippen LogP contribution is 2.79. The lowest BCUT2D eigenvalue weighted by Crippen LogP contribution is -2.46. The molecule has 4 nitrogen and oxygen atoms in total. The fourth-order valence-electron chi connectivity index (χ4n) is 3.93. The standard InChI is InChI=1S/C15H19Cl4N3O/c16-12(2-3-12)11(9-15(11,18)19)1-6-14(23,13(17)4-5-13)10-22-8-7-20-21-22/h7-8,23H,1-6,9-10H2. The van der Waals surface area contributed by atoms with Crippen molar-refractivity contribution < 1.29 is 5.11 Å². The van der Waals surface area contributed by atoms with Crippen molar-refractivity contribution in [1.82, 2.24) is 15.0 Å². The molecule has 0 aromatic carbocycles. The van der Waals surface area contributed by atoms with E-state index in [0.29, 0.717) is 25.8 Å². The van der Waals surface area contributed by atoms with Gasteiger partial charge < -0.3 is 5.11 Å². The van der Waals surface area contributed by atoms with Gasteiger partial charge in [0.25, 0.3) is 0 Å². The van der Waals surface area contributed by atoms with E-state index in [1.54, 1.807) is 17.1 Å². The first-order valence-corrected chi connectivity index (χ1v) is 9.49. The van der Waals surface area contributed by atoms with Crippen LogP contribution in [0.3, 0.4) is 0 Å². The number of nitrogens with zero attached hydrogens (tertiary/aromatic N) is 3. The molecule has 1 aromatic heterocycles. The van der Waals surface area contributed by atoms with Crippen molar-refractivity contribution in [3.05, 3.63) is 12.4 Å². The summed E-state index contributed by atoms with van der Waals surface area (Å²) in [4.78, 5) is -0.910. The molecule has 3 fully saturated rings. The van der Waals surface area contributed by atoms with Gasteiger partial charge in [-0.05, 0) is 44.9 Å². The molecule has 2 atom stereocenters.